The zero-order valence-electron chi connectivity index (χ0n) is 6.02. The maximum atomic E-state index is 2.28. The van der Waals surface area contributed by atoms with E-state index < -0.39 is 0 Å². The first kappa shape index (κ1) is 9.06. The van der Waals surface area contributed by atoms with Gasteiger partial charge in [0.2, 0.25) is 0 Å². The third-order valence-electron chi connectivity index (χ3n) is 1.57. The minimum Gasteiger partial charge on any atom is -0.0775 e. The van der Waals surface area contributed by atoms with Gasteiger partial charge in [0.15, 0.2) is 0 Å². The van der Waals surface area contributed by atoms with Crippen LogP contribution < -0.4 is 0 Å². The molecule has 1 radical (unpaired) electrons. The molecule has 1 aliphatic rings. The van der Waals surface area contributed by atoms with E-state index in [9.17, 15) is 0 Å². The quantitative estimate of drug-likeness (QED) is 0.551. The van der Waals surface area contributed by atoms with Gasteiger partial charge < -0.3 is 0 Å². The van der Waals surface area contributed by atoms with E-state index >= 15 is 0 Å². The monoisotopic (exact) mass is 159 g/mol. The van der Waals surface area contributed by atoms with Crippen LogP contribution in [0.2, 0.25) is 0 Å². The zero-order chi connectivity index (χ0) is 5.98. The Morgan fingerprint density at radius 1 is 1.56 bits per heavy atom. The number of hydrogen-bond acceptors (Lipinski definition) is 0. The number of allylic oxidation sites excluding steroid dienone is 4. The van der Waals surface area contributed by atoms with Crippen LogP contribution in [0, 0.1) is 0 Å². The summed E-state index contributed by atoms with van der Waals surface area (Å²) < 4.78 is 0. The van der Waals surface area contributed by atoms with Crippen molar-refractivity contribution in [3.05, 3.63) is 23.3 Å². The second-order valence-electron chi connectivity index (χ2n) is 2.31. The summed E-state index contributed by atoms with van der Waals surface area (Å²) in [7, 11) is 0. The predicted molar refractivity (Wildman–Crippen MR) is 36.7 cm³/mol. The summed E-state index contributed by atoms with van der Waals surface area (Å²) in [5, 5.41) is 0. The van der Waals surface area contributed by atoms with Gasteiger partial charge in [-0.2, -0.15) is 0 Å². The van der Waals surface area contributed by atoms with E-state index in [1.807, 2.05) is 0 Å². The summed E-state index contributed by atoms with van der Waals surface area (Å²) in [6.45, 7) is 4.36. The molecule has 1 aliphatic carbocycles. The molecule has 0 aromatic carbocycles. The summed E-state index contributed by atoms with van der Waals surface area (Å²) in [5.41, 5.74) is 3.00. The molecule has 0 aliphatic heterocycles. The van der Waals surface area contributed by atoms with Crippen molar-refractivity contribution < 1.29 is 18.6 Å². The molecule has 0 heterocycles. The Balaban J connectivity index is 0.000000640. The van der Waals surface area contributed by atoms with Crippen LogP contribution >= 0.6 is 0 Å². The van der Waals surface area contributed by atoms with Gasteiger partial charge in [0.05, 0.1) is 0 Å². The third-order valence-corrected chi connectivity index (χ3v) is 1.57. The summed E-state index contributed by atoms with van der Waals surface area (Å²) in [6, 6.07) is 0. The van der Waals surface area contributed by atoms with Crippen LogP contribution in [0.15, 0.2) is 23.3 Å². The van der Waals surface area contributed by atoms with Gasteiger partial charge in [-0.3, -0.25) is 0 Å². The predicted octanol–water partition coefficient (Wildman–Crippen LogP) is 2.67. The van der Waals surface area contributed by atoms with Crippen molar-refractivity contribution in [2.75, 3.05) is 0 Å². The average molecular weight is 159 g/mol. The Bertz CT molecular complexity index is 143. The second kappa shape index (κ2) is 3.97. The summed E-state index contributed by atoms with van der Waals surface area (Å²) in [5.74, 6) is 0. The Kier molecular flexibility index (Phi) is 4.00. The van der Waals surface area contributed by atoms with E-state index in [0.717, 1.165) is 0 Å². The van der Waals surface area contributed by atoms with Crippen molar-refractivity contribution in [1.29, 1.82) is 0 Å². The Morgan fingerprint density at radius 2 is 2.22 bits per heavy atom. The molecule has 1 heteroatoms. The molecule has 0 saturated carbocycles. The molecule has 0 atom stereocenters. The molecule has 0 saturated heterocycles. The Morgan fingerprint density at radius 3 is 2.44 bits per heavy atom. The van der Waals surface area contributed by atoms with Crippen LogP contribution in [0.1, 0.15) is 26.7 Å². The van der Waals surface area contributed by atoms with Crippen molar-refractivity contribution in [2.24, 2.45) is 0 Å². The fraction of sp³-hybridized carbons (Fsp3) is 0.500. The molecule has 0 aromatic rings. The van der Waals surface area contributed by atoms with Crippen LogP contribution in [0.5, 0.6) is 0 Å². The fourth-order valence-corrected chi connectivity index (χ4v) is 0.978. The molecule has 0 amide bonds. The minimum absolute atomic E-state index is 0. The van der Waals surface area contributed by atoms with Gasteiger partial charge in [0, 0.05) is 18.6 Å². The minimum atomic E-state index is 0. The first-order chi connectivity index (χ1) is 3.83. The SMILES string of the molecule is CCC1=CC(C)=CC1.[V]. The van der Waals surface area contributed by atoms with Crippen molar-refractivity contribution in [1.82, 2.24) is 0 Å². The van der Waals surface area contributed by atoms with Crippen LogP contribution in [0.4, 0.5) is 0 Å². The van der Waals surface area contributed by atoms with E-state index in [1.54, 1.807) is 5.57 Å². The molecule has 0 N–H and O–H groups in total. The van der Waals surface area contributed by atoms with Crippen molar-refractivity contribution in [3.63, 3.8) is 0 Å². The second-order valence-corrected chi connectivity index (χ2v) is 2.31. The fourth-order valence-electron chi connectivity index (χ4n) is 0.978. The maximum absolute atomic E-state index is 2.28. The Labute approximate surface area is 68.9 Å². The van der Waals surface area contributed by atoms with Crippen molar-refractivity contribution >= 4 is 0 Å². The molecule has 0 spiro atoms. The molecule has 0 aromatic heterocycles. The van der Waals surface area contributed by atoms with Gasteiger partial charge in [-0.1, -0.05) is 30.2 Å². The van der Waals surface area contributed by atoms with Gasteiger partial charge in [-0.25, -0.2) is 0 Å². The molecule has 0 fully saturated rings. The van der Waals surface area contributed by atoms with Gasteiger partial charge in [-0.05, 0) is 19.8 Å². The van der Waals surface area contributed by atoms with Crippen LogP contribution in [0.25, 0.3) is 0 Å². The van der Waals surface area contributed by atoms with Gasteiger partial charge in [-0.15, -0.1) is 0 Å². The molecular formula is C8H12V. The van der Waals surface area contributed by atoms with Crippen molar-refractivity contribution in [3.8, 4) is 0 Å². The largest absolute Gasteiger partial charge is 0.0775 e. The van der Waals surface area contributed by atoms with Crippen LogP contribution in [-0.2, 0) is 18.6 Å². The first-order valence-electron chi connectivity index (χ1n) is 3.19. The van der Waals surface area contributed by atoms with Crippen molar-refractivity contribution in [2.45, 2.75) is 26.7 Å². The maximum Gasteiger partial charge on any atom is 0 e. The van der Waals surface area contributed by atoms with E-state index in [4.69, 9.17) is 0 Å². The normalized spacial score (nSPS) is 16.2. The Hall–Kier alpha value is 0.0644. The van der Waals surface area contributed by atoms with Crippen LogP contribution in [0.3, 0.4) is 0 Å². The molecule has 49 valence electrons. The summed E-state index contributed by atoms with van der Waals surface area (Å²) in [4.78, 5) is 0. The molecule has 0 bridgehead atoms. The molecule has 0 unspecified atom stereocenters. The number of rotatable bonds is 1. The van der Waals surface area contributed by atoms with Gasteiger partial charge in [0.25, 0.3) is 0 Å². The van der Waals surface area contributed by atoms with E-state index in [0.29, 0.717) is 0 Å². The molecule has 9 heavy (non-hydrogen) atoms. The topological polar surface area (TPSA) is 0 Å². The average Bonchev–Trinajstić information content (AvgIpc) is 2.14. The van der Waals surface area contributed by atoms with E-state index in [1.165, 1.54) is 18.4 Å². The number of hydrogen-bond donors (Lipinski definition) is 0. The van der Waals surface area contributed by atoms with E-state index in [2.05, 4.69) is 26.0 Å². The summed E-state index contributed by atoms with van der Waals surface area (Å²) in [6.07, 6.45) is 6.97. The molecule has 1 rings (SSSR count). The zero-order valence-corrected chi connectivity index (χ0v) is 7.41. The standard InChI is InChI=1S/C8H12.V/c1-3-8-5-4-7(2)6-8;/h4,6H,3,5H2,1-2H3;. The molecular weight excluding hydrogens is 147 g/mol. The van der Waals surface area contributed by atoms with E-state index in [-0.39, 0.29) is 18.6 Å². The summed E-state index contributed by atoms with van der Waals surface area (Å²) >= 11 is 0. The smallest absolute Gasteiger partial charge is 0 e. The third kappa shape index (κ3) is 2.42. The molecule has 0 nitrogen and oxygen atoms in total. The first-order valence-corrected chi connectivity index (χ1v) is 3.19. The van der Waals surface area contributed by atoms with Crippen LogP contribution in [-0.4, -0.2) is 0 Å². The van der Waals surface area contributed by atoms with Gasteiger partial charge in [0.1, 0.15) is 0 Å². The van der Waals surface area contributed by atoms with Gasteiger partial charge >= 0.3 is 0 Å².